The number of hydrogen-bond acceptors (Lipinski definition) is 3. The summed E-state index contributed by atoms with van der Waals surface area (Å²) < 4.78 is 5.49. The molecule has 1 aromatic rings. The summed E-state index contributed by atoms with van der Waals surface area (Å²) in [4.78, 5) is 0. The monoisotopic (exact) mass is 265 g/mol. The van der Waals surface area contributed by atoms with E-state index in [1.54, 1.807) is 12.1 Å². The molecule has 5 heteroatoms. The predicted molar refractivity (Wildman–Crippen MR) is 69.4 cm³/mol. The van der Waals surface area contributed by atoms with E-state index in [4.69, 9.17) is 33.7 Å². The van der Waals surface area contributed by atoms with E-state index in [0.717, 1.165) is 11.5 Å². The van der Waals surface area contributed by atoms with Crippen LogP contribution in [0.4, 0.5) is 5.69 Å². The molecule has 0 aromatic heterocycles. The number of anilines is 1. The zero-order valence-electron chi connectivity index (χ0n) is 8.43. The van der Waals surface area contributed by atoms with Crippen LogP contribution in [0.5, 0.6) is 5.75 Å². The average Bonchev–Trinajstić information content (AvgIpc) is 2.20. The Morgan fingerprint density at radius 2 is 2.00 bits per heavy atom. The Hall–Kier alpha value is -0.250. The van der Waals surface area contributed by atoms with Gasteiger partial charge < -0.3 is 10.5 Å². The molecule has 0 aliphatic heterocycles. The number of rotatable bonds is 5. The maximum atomic E-state index is 5.85. The Balaban J connectivity index is 2.57. The van der Waals surface area contributed by atoms with Crippen LogP contribution < -0.4 is 10.5 Å². The van der Waals surface area contributed by atoms with E-state index < -0.39 is 0 Å². The van der Waals surface area contributed by atoms with Gasteiger partial charge in [0, 0.05) is 11.8 Å². The summed E-state index contributed by atoms with van der Waals surface area (Å²) in [7, 11) is 0. The van der Waals surface area contributed by atoms with Gasteiger partial charge in [-0.3, -0.25) is 0 Å². The highest BCUT2D eigenvalue weighted by Crippen LogP contribution is 2.32. The average molecular weight is 266 g/mol. The first-order chi connectivity index (χ1) is 7.15. The van der Waals surface area contributed by atoms with Crippen molar-refractivity contribution in [3.8, 4) is 5.75 Å². The molecule has 0 fully saturated rings. The van der Waals surface area contributed by atoms with E-state index in [9.17, 15) is 0 Å². The van der Waals surface area contributed by atoms with Gasteiger partial charge in [0.25, 0.3) is 0 Å². The van der Waals surface area contributed by atoms with Gasteiger partial charge in [0.1, 0.15) is 5.75 Å². The van der Waals surface area contributed by atoms with E-state index in [1.807, 2.05) is 11.8 Å². The Bertz CT molecular complexity index is 333. The zero-order valence-corrected chi connectivity index (χ0v) is 10.8. The molecule has 1 rings (SSSR count). The smallest absolute Gasteiger partial charge is 0.143 e. The minimum atomic E-state index is 0.449. The molecule has 2 N–H and O–H groups in total. The highest BCUT2D eigenvalue weighted by Gasteiger charge is 2.05. The highest BCUT2D eigenvalue weighted by molar-refractivity contribution is 7.99. The van der Waals surface area contributed by atoms with Crippen molar-refractivity contribution in [2.75, 3.05) is 23.8 Å². The molecule has 2 nitrogen and oxygen atoms in total. The molecule has 0 saturated carbocycles. The summed E-state index contributed by atoms with van der Waals surface area (Å²) in [6.07, 6.45) is 0. The van der Waals surface area contributed by atoms with E-state index in [2.05, 4.69) is 6.92 Å². The number of thioether (sulfide) groups is 1. The lowest BCUT2D eigenvalue weighted by Gasteiger charge is -2.09. The normalized spacial score (nSPS) is 10.3. The summed E-state index contributed by atoms with van der Waals surface area (Å²) in [6.45, 7) is 2.73. The number of nitrogens with two attached hydrogens (primary N) is 1. The fraction of sp³-hybridized carbons (Fsp3) is 0.400. The van der Waals surface area contributed by atoms with Crippen molar-refractivity contribution < 1.29 is 4.74 Å². The Kier molecular flexibility index (Phi) is 5.43. The Morgan fingerprint density at radius 1 is 1.33 bits per heavy atom. The fourth-order valence-corrected chi connectivity index (χ4v) is 1.84. The third-order valence-electron chi connectivity index (χ3n) is 1.74. The maximum Gasteiger partial charge on any atom is 0.143 e. The van der Waals surface area contributed by atoms with Crippen molar-refractivity contribution in [3.63, 3.8) is 0 Å². The van der Waals surface area contributed by atoms with Crippen LogP contribution in [0, 0.1) is 0 Å². The molecular weight excluding hydrogens is 253 g/mol. The van der Waals surface area contributed by atoms with E-state index in [1.165, 1.54) is 0 Å². The second-order valence-corrected chi connectivity index (χ2v) is 5.06. The van der Waals surface area contributed by atoms with Crippen molar-refractivity contribution >= 4 is 40.7 Å². The van der Waals surface area contributed by atoms with E-state index in [-0.39, 0.29) is 0 Å². The Labute approximate surface area is 104 Å². The van der Waals surface area contributed by atoms with Crippen LogP contribution >= 0.6 is 35.0 Å². The van der Waals surface area contributed by atoms with Crippen LogP contribution in [-0.2, 0) is 0 Å². The van der Waals surface area contributed by atoms with Crippen LogP contribution in [0.3, 0.4) is 0 Å². The first kappa shape index (κ1) is 12.8. The summed E-state index contributed by atoms with van der Waals surface area (Å²) in [5.74, 6) is 2.62. The third-order valence-corrected chi connectivity index (χ3v) is 3.33. The predicted octanol–water partition coefficient (Wildman–Crippen LogP) is 3.71. The molecule has 15 heavy (non-hydrogen) atoms. The molecule has 84 valence electrons. The summed E-state index contributed by atoms with van der Waals surface area (Å²) >= 11 is 13.5. The van der Waals surface area contributed by atoms with Gasteiger partial charge in [-0.15, -0.1) is 0 Å². The van der Waals surface area contributed by atoms with Crippen molar-refractivity contribution in [2.45, 2.75) is 6.92 Å². The largest absolute Gasteiger partial charge is 0.491 e. The molecule has 0 aliphatic carbocycles. The zero-order chi connectivity index (χ0) is 11.3. The number of halogens is 2. The first-order valence-corrected chi connectivity index (χ1v) is 6.51. The second-order valence-electron chi connectivity index (χ2n) is 2.85. The van der Waals surface area contributed by atoms with Gasteiger partial charge >= 0.3 is 0 Å². The summed E-state index contributed by atoms with van der Waals surface area (Å²) in [5.41, 5.74) is 6.25. The lowest BCUT2D eigenvalue weighted by molar-refractivity contribution is 0.346. The van der Waals surface area contributed by atoms with Crippen molar-refractivity contribution in [2.24, 2.45) is 0 Å². The number of nitrogen functional groups attached to an aromatic ring is 1. The number of ether oxygens (including phenoxy) is 1. The molecule has 0 bridgehead atoms. The van der Waals surface area contributed by atoms with Crippen LogP contribution in [0.2, 0.25) is 10.0 Å². The number of hydrogen-bond donors (Lipinski definition) is 1. The molecular formula is C10H13Cl2NOS. The fourth-order valence-electron chi connectivity index (χ4n) is 1.02. The molecule has 1 aromatic carbocycles. The van der Waals surface area contributed by atoms with Gasteiger partial charge in [-0.1, -0.05) is 30.1 Å². The molecule has 0 atom stereocenters. The molecule has 0 amide bonds. The molecule has 0 aliphatic rings. The van der Waals surface area contributed by atoms with Crippen LogP contribution in [0.25, 0.3) is 0 Å². The van der Waals surface area contributed by atoms with Crippen LogP contribution in [-0.4, -0.2) is 18.1 Å². The SMILES string of the molecule is CCSCCOc1cc(Cl)c(Cl)cc1N. The van der Waals surface area contributed by atoms with Gasteiger partial charge in [-0.2, -0.15) is 11.8 Å². The minimum Gasteiger partial charge on any atom is -0.491 e. The molecule has 0 saturated heterocycles. The van der Waals surface area contributed by atoms with Crippen molar-refractivity contribution in [3.05, 3.63) is 22.2 Å². The summed E-state index contributed by atoms with van der Waals surface area (Å²) in [6, 6.07) is 3.25. The van der Waals surface area contributed by atoms with Crippen molar-refractivity contribution in [1.82, 2.24) is 0 Å². The van der Waals surface area contributed by atoms with Crippen LogP contribution in [0.1, 0.15) is 6.92 Å². The van der Waals surface area contributed by atoms with E-state index >= 15 is 0 Å². The highest BCUT2D eigenvalue weighted by atomic mass is 35.5. The third kappa shape index (κ3) is 4.01. The lowest BCUT2D eigenvalue weighted by atomic mass is 10.3. The molecule has 0 unspecified atom stereocenters. The minimum absolute atomic E-state index is 0.449. The quantitative estimate of drug-likeness (QED) is 0.651. The van der Waals surface area contributed by atoms with Gasteiger partial charge in [-0.05, 0) is 11.8 Å². The Morgan fingerprint density at radius 3 is 2.67 bits per heavy atom. The van der Waals surface area contributed by atoms with E-state index in [0.29, 0.717) is 28.1 Å². The van der Waals surface area contributed by atoms with Gasteiger partial charge in [0.05, 0.1) is 22.3 Å². The second kappa shape index (κ2) is 6.36. The van der Waals surface area contributed by atoms with Gasteiger partial charge in [0.15, 0.2) is 0 Å². The molecule has 0 heterocycles. The topological polar surface area (TPSA) is 35.2 Å². The van der Waals surface area contributed by atoms with Gasteiger partial charge in [-0.25, -0.2) is 0 Å². The van der Waals surface area contributed by atoms with Crippen molar-refractivity contribution in [1.29, 1.82) is 0 Å². The number of benzene rings is 1. The lowest BCUT2D eigenvalue weighted by Crippen LogP contribution is -2.02. The summed E-state index contributed by atoms with van der Waals surface area (Å²) in [5, 5.41) is 0.911. The standard InChI is InChI=1S/C10H13Cl2NOS/c1-2-15-4-3-14-10-6-8(12)7(11)5-9(10)13/h5-6H,2-4,13H2,1H3. The van der Waals surface area contributed by atoms with Gasteiger partial charge in [0.2, 0.25) is 0 Å². The molecule has 0 spiro atoms. The first-order valence-electron chi connectivity index (χ1n) is 4.60. The molecule has 0 radical (unpaired) electrons. The maximum absolute atomic E-state index is 5.85. The van der Waals surface area contributed by atoms with Crippen LogP contribution in [0.15, 0.2) is 12.1 Å².